The molecule has 2 N–H and O–H groups in total. The van der Waals surface area contributed by atoms with E-state index in [2.05, 4.69) is 15.5 Å². The maximum absolute atomic E-state index is 12.3. The van der Waals surface area contributed by atoms with Crippen molar-refractivity contribution in [1.82, 2.24) is 15.5 Å². The number of hydrogen-bond donors (Lipinski definition) is 2. The van der Waals surface area contributed by atoms with Gasteiger partial charge in [0.25, 0.3) is 11.5 Å². The lowest BCUT2D eigenvalue weighted by Gasteiger charge is -2.18. The Bertz CT molecular complexity index is 768. The van der Waals surface area contributed by atoms with Crippen molar-refractivity contribution in [2.24, 2.45) is 0 Å². The van der Waals surface area contributed by atoms with E-state index in [1.807, 2.05) is 39.0 Å². The first-order valence-corrected chi connectivity index (χ1v) is 8.81. The van der Waals surface area contributed by atoms with Crippen LogP contribution in [0.15, 0.2) is 35.1 Å². The summed E-state index contributed by atoms with van der Waals surface area (Å²) in [4.78, 5) is 23.3. The molecule has 2 aromatic rings. The number of hydrogen-bond acceptors (Lipinski definition) is 5. The monoisotopic (exact) mass is 359 g/mol. The summed E-state index contributed by atoms with van der Waals surface area (Å²) in [5, 5.41) is 8.84. The third-order valence-electron chi connectivity index (χ3n) is 3.65. The van der Waals surface area contributed by atoms with E-state index in [1.165, 1.54) is 12.1 Å². The van der Waals surface area contributed by atoms with Crippen molar-refractivity contribution in [2.45, 2.75) is 39.7 Å². The summed E-state index contributed by atoms with van der Waals surface area (Å²) >= 11 is 0. The zero-order valence-corrected chi connectivity index (χ0v) is 15.4. The van der Waals surface area contributed by atoms with Crippen molar-refractivity contribution in [1.29, 1.82) is 0 Å². The number of rotatable bonds is 9. The van der Waals surface area contributed by atoms with Crippen LogP contribution in [0.4, 0.5) is 0 Å². The third-order valence-corrected chi connectivity index (χ3v) is 3.65. The molecule has 7 heteroatoms. The molecule has 26 heavy (non-hydrogen) atoms. The molecule has 1 amide bonds. The van der Waals surface area contributed by atoms with E-state index in [4.69, 9.17) is 9.47 Å². The molecule has 7 nitrogen and oxygen atoms in total. The SMILES string of the molecule is CCCOc1ccc([C@H](C)NC(=O)c2ccc(=O)[nH]n2)cc1OCCC. The number of aromatic amines is 1. The van der Waals surface area contributed by atoms with Gasteiger partial charge in [0.2, 0.25) is 0 Å². The number of nitrogens with one attached hydrogen (secondary N) is 2. The van der Waals surface area contributed by atoms with Crippen molar-refractivity contribution in [2.75, 3.05) is 13.2 Å². The first kappa shape index (κ1) is 19.5. The maximum atomic E-state index is 12.3. The first-order chi connectivity index (χ1) is 12.5. The minimum atomic E-state index is -0.365. The molecule has 2 rings (SSSR count). The van der Waals surface area contributed by atoms with E-state index in [9.17, 15) is 9.59 Å². The van der Waals surface area contributed by atoms with Crippen LogP contribution >= 0.6 is 0 Å². The van der Waals surface area contributed by atoms with Gasteiger partial charge in [-0.2, -0.15) is 5.10 Å². The van der Waals surface area contributed by atoms with Gasteiger partial charge in [0.15, 0.2) is 11.5 Å². The van der Waals surface area contributed by atoms with E-state index < -0.39 is 0 Å². The van der Waals surface area contributed by atoms with Gasteiger partial charge in [-0.05, 0) is 43.5 Å². The molecule has 0 radical (unpaired) electrons. The number of H-pyrrole nitrogens is 1. The predicted molar refractivity (Wildman–Crippen MR) is 98.8 cm³/mol. The van der Waals surface area contributed by atoms with Crippen LogP contribution in [0.1, 0.15) is 55.7 Å². The molecule has 1 aromatic carbocycles. The van der Waals surface area contributed by atoms with E-state index in [-0.39, 0.29) is 23.2 Å². The zero-order valence-electron chi connectivity index (χ0n) is 15.4. The standard InChI is InChI=1S/C19H25N3O4/c1-4-10-25-16-8-6-14(12-17(16)26-11-5-2)13(3)20-19(24)15-7-9-18(23)22-21-15/h6-9,12-13H,4-5,10-11H2,1-3H3,(H,20,24)(H,22,23)/t13-/m0/s1. The molecule has 1 aromatic heterocycles. The van der Waals surface area contributed by atoms with Crippen molar-refractivity contribution in [3.63, 3.8) is 0 Å². The molecular weight excluding hydrogens is 334 g/mol. The fourth-order valence-electron chi connectivity index (χ4n) is 2.27. The summed E-state index contributed by atoms with van der Waals surface area (Å²) in [6.07, 6.45) is 1.80. The van der Waals surface area contributed by atoms with Crippen LogP contribution in [-0.4, -0.2) is 29.3 Å². The molecule has 0 aliphatic heterocycles. The second-order valence-electron chi connectivity index (χ2n) is 5.90. The summed E-state index contributed by atoms with van der Waals surface area (Å²) in [7, 11) is 0. The highest BCUT2D eigenvalue weighted by Gasteiger charge is 2.15. The average molecular weight is 359 g/mol. The summed E-state index contributed by atoms with van der Waals surface area (Å²) < 4.78 is 11.5. The highest BCUT2D eigenvalue weighted by molar-refractivity contribution is 5.92. The quantitative estimate of drug-likeness (QED) is 0.718. The van der Waals surface area contributed by atoms with Crippen molar-refractivity contribution in [3.05, 3.63) is 51.9 Å². The van der Waals surface area contributed by atoms with Gasteiger partial charge >= 0.3 is 0 Å². The lowest BCUT2D eigenvalue weighted by molar-refractivity contribution is 0.0933. The second kappa shape index (κ2) is 9.60. The Hall–Kier alpha value is -2.83. The smallest absolute Gasteiger partial charge is 0.272 e. The number of benzene rings is 1. The number of nitrogens with zero attached hydrogens (tertiary/aromatic N) is 1. The summed E-state index contributed by atoms with van der Waals surface area (Å²) in [5.41, 5.74) is 0.689. The van der Waals surface area contributed by atoms with Gasteiger partial charge in [0.05, 0.1) is 19.3 Å². The van der Waals surface area contributed by atoms with Crippen LogP contribution in [0.5, 0.6) is 11.5 Å². The molecule has 0 unspecified atom stereocenters. The van der Waals surface area contributed by atoms with Gasteiger partial charge in [-0.1, -0.05) is 19.9 Å². The molecular formula is C19H25N3O4. The zero-order chi connectivity index (χ0) is 18.9. The molecule has 0 fully saturated rings. The van der Waals surface area contributed by atoms with Crippen molar-refractivity contribution < 1.29 is 14.3 Å². The minimum absolute atomic E-state index is 0.154. The lowest BCUT2D eigenvalue weighted by atomic mass is 10.1. The van der Waals surface area contributed by atoms with Crippen molar-refractivity contribution >= 4 is 5.91 Å². The molecule has 1 atom stereocenters. The number of aromatic nitrogens is 2. The Morgan fingerprint density at radius 2 is 1.81 bits per heavy atom. The van der Waals surface area contributed by atoms with Crippen LogP contribution < -0.4 is 20.3 Å². The summed E-state index contributed by atoms with van der Waals surface area (Å²) in [6, 6.07) is 8.03. The molecule has 0 aliphatic carbocycles. The first-order valence-electron chi connectivity index (χ1n) is 8.81. The largest absolute Gasteiger partial charge is 0.490 e. The lowest BCUT2D eigenvalue weighted by Crippen LogP contribution is -2.28. The fraction of sp³-hybridized carbons (Fsp3) is 0.421. The maximum Gasteiger partial charge on any atom is 0.272 e. The van der Waals surface area contributed by atoms with Crippen LogP contribution in [0.25, 0.3) is 0 Å². The topological polar surface area (TPSA) is 93.3 Å². The van der Waals surface area contributed by atoms with E-state index >= 15 is 0 Å². The summed E-state index contributed by atoms with van der Waals surface area (Å²) in [5.74, 6) is 1.00. The van der Waals surface area contributed by atoms with Gasteiger partial charge in [0, 0.05) is 6.07 Å². The van der Waals surface area contributed by atoms with Gasteiger partial charge in [-0.25, -0.2) is 5.10 Å². The predicted octanol–water partition coefficient (Wildman–Crippen LogP) is 2.84. The molecule has 0 saturated heterocycles. The number of ether oxygens (including phenoxy) is 2. The second-order valence-corrected chi connectivity index (χ2v) is 5.90. The number of amides is 1. The normalized spacial score (nSPS) is 11.7. The molecule has 0 saturated carbocycles. The third kappa shape index (κ3) is 5.34. The van der Waals surface area contributed by atoms with Crippen LogP contribution in [0, 0.1) is 0 Å². The van der Waals surface area contributed by atoms with Crippen LogP contribution in [0.2, 0.25) is 0 Å². The number of carbonyl (C=O) groups excluding carboxylic acids is 1. The summed E-state index contributed by atoms with van der Waals surface area (Å²) in [6.45, 7) is 7.16. The van der Waals surface area contributed by atoms with Gasteiger partial charge in [0.1, 0.15) is 5.69 Å². The van der Waals surface area contributed by atoms with Gasteiger partial charge < -0.3 is 14.8 Å². The highest BCUT2D eigenvalue weighted by Crippen LogP contribution is 2.31. The Labute approximate surface area is 152 Å². The van der Waals surface area contributed by atoms with Crippen LogP contribution in [0.3, 0.4) is 0 Å². The molecule has 140 valence electrons. The van der Waals surface area contributed by atoms with Gasteiger partial charge in [-0.3, -0.25) is 9.59 Å². The van der Waals surface area contributed by atoms with Gasteiger partial charge in [-0.15, -0.1) is 0 Å². The minimum Gasteiger partial charge on any atom is -0.490 e. The van der Waals surface area contributed by atoms with E-state index in [1.54, 1.807) is 0 Å². The number of carbonyl (C=O) groups is 1. The molecule has 0 spiro atoms. The van der Waals surface area contributed by atoms with Crippen LogP contribution in [-0.2, 0) is 0 Å². The molecule has 0 aliphatic rings. The van der Waals surface area contributed by atoms with Crippen molar-refractivity contribution in [3.8, 4) is 11.5 Å². The van der Waals surface area contributed by atoms with E-state index in [0.29, 0.717) is 24.7 Å². The highest BCUT2D eigenvalue weighted by atomic mass is 16.5. The Morgan fingerprint density at radius 1 is 1.12 bits per heavy atom. The Kier molecular flexibility index (Phi) is 7.20. The Balaban J connectivity index is 2.13. The Morgan fingerprint density at radius 3 is 2.42 bits per heavy atom. The average Bonchev–Trinajstić information content (AvgIpc) is 2.65. The molecule has 0 bridgehead atoms. The molecule has 1 heterocycles. The fourth-order valence-corrected chi connectivity index (χ4v) is 2.27. The van der Waals surface area contributed by atoms with E-state index in [0.717, 1.165) is 18.4 Å².